The van der Waals surface area contributed by atoms with Gasteiger partial charge in [-0.15, -0.1) is 0 Å². The Hall–Kier alpha value is -1.76. The Morgan fingerprint density at radius 2 is 1.30 bits per heavy atom. The van der Waals surface area contributed by atoms with Crippen molar-refractivity contribution in [3.05, 3.63) is 53.1 Å². The number of aromatic hydroxyl groups is 1. The highest BCUT2D eigenvalue weighted by Crippen LogP contribution is 2.41. The Morgan fingerprint density at radius 1 is 0.733 bits per heavy atom. The van der Waals surface area contributed by atoms with Crippen molar-refractivity contribution in [2.45, 2.75) is 111 Å². The Morgan fingerprint density at radius 3 is 1.93 bits per heavy atom. The van der Waals surface area contributed by atoms with E-state index in [4.69, 9.17) is 0 Å². The molecule has 2 aromatic rings. The lowest BCUT2D eigenvalue weighted by atomic mass is 9.82. The van der Waals surface area contributed by atoms with Gasteiger partial charge in [-0.3, -0.25) is 0 Å². The molecule has 0 unspecified atom stereocenters. The van der Waals surface area contributed by atoms with Crippen LogP contribution in [-0.2, 0) is 12.8 Å². The van der Waals surface area contributed by atoms with Crippen molar-refractivity contribution in [2.24, 2.45) is 0 Å². The maximum atomic E-state index is 11.1. The van der Waals surface area contributed by atoms with Gasteiger partial charge in [-0.05, 0) is 59.9 Å². The molecule has 1 heteroatoms. The van der Waals surface area contributed by atoms with Gasteiger partial charge in [0.25, 0.3) is 0 Å². The van der Waals surface area contributed by atoms with Crippen molar-refractivity contribution in [3.8, 4) is 16.9 Å². The van der Waals surface area contributed by atoms with E-state index in [1.165, 1.54) is 80.9 Å². The van der Waals surface area contributed by atoms with Crippen LogP contribution >= 0.6 is 0 Å². The van der Waals surface area contributed by atoms with Crippen LogP contribution in [-0.4, -0.2) is 5.11 Å². The molecule has 0 saturated heterocycles. The van der Waals surface area contributed by atoms with E-state index < -0.39 is 0 Å². The van der Waals surface area contributed by atoms with Gasteiger partial charge in [-0.2, -0.15) is 0 Å². The molecule has 0 atom stereocenters. The molecule has 0 fully saturated rings. The lowest BCUT2D eigenvalue weighted by molar-refractivity contribution is 0.474. The molecule has 0 radical (unpaired) electrons. The number of aryl methyl sites for hydroxylation is 1. The summed E-state index contributed by atoms with van der Waals surface area (Å²) in [6, 6.07) is 12.6. The van der Waals surface area contributed by atoms with Crippen molar-refractivity contribution < 1.29 is 5.11 Å². The number of phenolic OH excluding ortho intramolecular Hbond substituents is 1. The van der Waals surface area contributed by atoms with Crippen LogP contribution in [0.5, 0.6) is 5.75 Å². The molecule has 0 heterocycles. The molecule has 0 aliphatic carbocycles. The normalized spacial score (nSPS) is 11.4. The third kappa shape index (κ3) is 7.18. The summed E-state index contributed by atoms with van der Waals surface area (Å²) in [5.74, 6) is 0.860. The second kappa shape index (κ2) is 13.5. The van der Waals surface area contributed by atoms with Gasteiger partial charge in [0, 0.05) is 5.56 Å². The molecule has 0 bridgehead atoms. The summed E-state index contributed by atoms with van der Waals surface area (Å²) < 4.78 is 0. The Kier molecular flexibility index (Phi) is 11.0. The molecule has 0 aliphatic rings. The third-order valence-corrected chi connectivity index (χ3v) is 6.27. The van der Waals surface area contributed by atoms with Crippen molar-refractivity contribution in [3.63, 3.8) is 0 Å². The standard InChI is InChI=1S/C29H44O/c1-5-7-9-11-12-17-21-26-25(20-14-10-8-6-2)22-27(30)29(28(26)23(3)4)24-18-15-13-16-19-24/h13,15-16,18-19,22-23,30H,5-12,14,17,20-21H2,1-4H3. The van der Waals surface area contributed by atoms with Crippen molar-refractivity contribution in [1.29, 1.82) is 0 Å². The van der Waals surface area contributed by atoms with E-state index in [9.17, 15) is 5.11 Å². The fourth-order valence-electron chi connectivity index (χ4n) is 4.67. The Balaban J connectivity index is 2.35. The van der Waals surface area contributed by atoms with E-state index in [0.717, 1.165) is 24.0 Å². The summed E-state index contributed by atoms with van der Waals surface area (Å²) in [4.78, 5) is 0. The van der Waals surface area contributed by atoms with Gasteiger partial charge >= 0.3 is 0 Å². The predicted molar refractivity (Wildman–Crippen MR) is 133 cm³/mol. The summed E-state index contributed by atoms with van der Waals surface area (Å²) in [5.41, 5.74) is 6.48. The van der Waals surface area contributed by atoms with Crippen LogP contribution in [0.2, 0.25) is 0 Å². The SMILES string of the molecule is CCCCCCCCc1c(CCCCCC)cc(O)c(-c2ccccc2)c1C(C)C. The van der Waals surface area contributed by atoms with Crippen LogP contribution < -0.4 is 0 Å². The molecule has 1 nitrogen and oxygen atoms in total. The number of hydrogen-bond acceptors (Lipinski definition) is 1. The molecule has 0 saturated carbocycles. The van der Waals surface area contributed by atoms with Crippen LogP contribution in [0.15, 0.2) is 36.4 Å². The zero-order valence-corrected chi connectivity index (χ0v) is 20.0. The average Bonchev–Trinajstić information content (AvgIpc) is 2.74. The Bertz CT molecular complexity index is 730. The smallest absolute Gasteiger partial charge is 0.123 e. The van der Waals surface area contributed by atoms with Gasteiger partial charge in [-0.25, -0.2) is 0 Å². The number of phenols is 1. The van der Waals surface area contributed by atoms with E-state index >= 15 is 0 Å². The molecule has 30 heavy (non-hydrogen) atoms. The topological polar surface area (TPSA) is 20.2 Å². The Labute approximate surface area is 185 Å². The average molecular weight is 409 g/mol. The second-order valence-corrected chi connectivity index (χ2v) is 9.17. The number of benzene rings is 2. The highest BCUT2D eigenvalue weighted by molar-refractivity contribution is 5.76. The van der Waals surface area contributed by atoms with Crippen LogP contribution in [0, 0.1) is 0 Å². The summed E-state index contributed by atoms with van der Waals surface area (Å²) in [7, 11) is 0. The number of hydrogen-bond donors (Lipinski definition) is 1. The summed E-state index contributed by atoms with van der Waals surface area (Å²) in [5, 5.41) is 11.1. The minimum absolute atomic E-state index is 0.400. The molecule has 166 valence electrons. The van der Waals surface area contributed by atoms with E-state index in [-0.39, 0.29) is 0 Å². The largest absolute Gasteiger partial charge is 0.507 e. The maximum Gasteiger partial charge on any atom is 0.123 e. The maximum absolute atomic E-state index is 11.1. The fraction of sp³-hybridized carbons (Fsp3) is 0.586. The monoisotopic (exact) mass is 408 g/mol. The zero-order valence-electron chi connectivity index (χ0n) is 20.0. The molecule has 1 N–H and O–H groups in total. The van der Waals surface area contributed by atoms with Crippen LogP contribution in [0.4, 0.5) is 0 Å². The van der Waals surface area contributed by atoms with Gasteiger partial charge in [0.2, 0.25) is 0 Å². The summed E-state index contributed by atoms with van der Waals surface area (Å²) in [6.07, 6.45) is 15.2. The second-order valence-electron chi connectivity index (χ2n) is 9.17. The van der Waals surface area contributed by atoms with E-state index in [0.29, 0.717) is 11.7 Å². The van der Waals surface area contributed by atoms with Gasteiger partial charge in [0.15, 0.2) is 0 Å². The third-order valence-electron chi connectivity index (χ3n) is 6.27. The van der Waals surface area contributed by atoms with Gasteiger partial charge in [-0.1, -0.05) is 109 Å². The quantitative estimate of drug-likeness (QED) is 0.309. The van der Waals surface area contributed by atoms with Gasteiger partial charge in [0.05, 0.1) is 0 Å². The molecular weight excluding hydrogens is 364 g/mol. The van der Waals surface area contributed by atoms with Gasteiger partial charge in [0.1, 0.15) is 5.75 Å². The minimum Gasteiger partial charge on any atom is -0.507 e. The van der Waals surface area contributed by atoms with Crippen molar-refractivity contribution in [1.82, 2.24) is 0 Å². The molecular formula is C29H44O. The summed E-state index contributed by atoms with van der Waals surface area (Å²) >= 11 is 0. The molecule has 0 amide bonds. The van der Waals surface area contributed by atoms with E-state index in [1.807, 2.05) is 0 Å². The first-order valence-electron chi connectivity index (χ1n) is 12.5. The van der Waals surface area contributed by atoms with Crippen LogP contribution in [0.3, 0.4) is 0 Å². The van der Waals surface area contributed by atoms with Crippen LogP contribution in [0.25, 0.3) is 11.1 Å². The number of rotatable bonds is 14. The molecule has 0 spiro atoms. The lowest BCUT2D eigenvalue weighted by Crippen LogP contribution is -2.06. The molecule has 0 aliphatic heterocycles. The summed E-state index contributed by atoms with van der Waals surface area (Å²) in [6.45, 7) is 9.11. The number of unbranched alkanes of at least 4 members (excludes halogenated alkanes) is 8. The highest BCUT2D eigenvalue weighted by atomic mass is 16.3. The molecule has 2 aromatic carbocycles. The lowest BCUT2D eigenvalue weighted by Gasteiger charge is -2.23. The van der Waals surface area contributed by atoms with Crippen molar-refractivity contribution in [2.75, 3.05) is 0 Å². The van der Waals surface area contributed by atoms with E-state index in [2.05, 4.69) is 64.1 Å². The first kappa shape index (κ1) is 24.5. The first-order valence-corrected chi connectivity index (χ1v) is 12.5. The molecule has 0 aromatic heterocycles. The minimum atomic E-state index is 0.400. The predicted octanol–water partition coefficient (Wildman–Crippen LogP) is 9.21. The molecule has 2 rings (SSSR count). The van der Waals surface area contributed by atoms with E-state index in [1.54, 1.807) is 0 Å². The van der Waals surface area contributed by atoms with Crippen LogP contribution in [0.1, 0.15) is 115 Å². The van der Waals surface area contributed by atoms with Gasteiger partial charge < -0.3 is 5.11 Å². The zero-order chi connectivity index (χ0) is 21.8. The van der Waals surface area contributed by atoms with Crippen molar-refractivity contribution >= 4 is 0 Å². The highest BCUT2D eigenvalue weighted by Gasteiger charge is 2.21. The fourth-order valence-corrected chi connectivity index (χ4v) is 4.67. The first-order chi connectivity index (χ1) is 14.6.